The van der Waals surface area contributed by atoms with Gasteiger partial charge in [0.15, 0.2) is 0 Å². The number of hydrogen-bond acceptors (Lipinski definition) is 3. The SMILES string of the molecule is O=C(c1ccc(N2CCCc3ccccc32)cn1)N1CCc2ccccc2C1. The Hall–Kier alpha value is -3.14. The molecule has 4 heteroatoms. The van der Waals surface area contributed by atoms with Crippen molar-refractivity contribution in [2.75, 3.05) is 18.0 Å². The Morgan fingerprint density at radius 1 is 0.821 bits per heavy atom. The second kappa shape index (κ2) is 7.12. The van der Waals surface area contributed by atoms with Gasteiger partial charge in [-0.1, -0.05) is 42.5 Å². The first-order chi connectivity index (χ1) is 13.8. The van der Waals surface area contributed by atoms with E-state index < -0.39 is 0 Å². The fourth-order valence-corrected chi connectivity index (χ4v) is 4.31. The van der Waals surface area contributed by atoms with Crippen LogP contribution in [0.5, 0.6) is 0 Å². The number of pyridine rings is 1. The number of carbonyl (C=O) groups is 1. The minimum atomic E-state index is 0.0140. The standard InChI is InChI=1S/C24H23N3O/c28-24(26-15-13-18-6-1-2-8-20(18)17-26)22-12-11-21(16-25-22)27-14-5-9-19-7-3-4-10-23(19)27/h1-4,6-8,10-12,16H,5,9,13-15,17H2. The minimum absolute atomic E-state index is 0.0140. The molecule has 2 aromatic carbocycles. The number of para-hydroxylation sites is 1. The smallest absolute Gasteiger partial charge is 0.272 e. The number of aromatic nitrogens is 1. The van der Waals surface area contributed by atoms with E-state index in [-0.39, 0.29) is 5.91 Å². The average Bonchev–Trinajstić information content (AvgIpc) is 2.78. The molecule has 4 nitrogen and oxygen atoms in total. The summed E-state index contributed by atoms with van der Waals surface area (Å²) < 4.78 is 0. The zero-order chi connectivity index (χ0) is 18.9. The van der Waals surface area contributed by atoms with Crippen LogP contribution in [-0.2, 0) is 19.4 Å². The number of anilines is 2. The maximum atomic E-state index is 12.9. The first-order valence-electron chi connectivity index (χ1n) is 9.97. The fraction of sp³-hybridized carbons (Fsp3) is 0.250. The van der Waals surface area contributed by atoms with Gasteiger partial charge in [-0.05, 0) is 54.2 Å². The van der Waals surface area contributed by atoms with Gasteiger partial charge in [-0.2, -0.15) is 0 Å². The van der Waals surface area contributed by atoms with E-state index in [0.717, 1.165) is 38.0 Å². The lowest BCUT2D eigenvalue weighted by molar-refractivity contribution is 0.0729. The summed E-state index contributed by atoms with van der Waals surface area (Å²) in [7, 11) is 0. The predicted molar refractivity (Wildman–Crippen MR) is 111 cm³/mol. The predicted octanol–water partition coefficient (Wildman–Crippen LogP) is 4.36. The van der Waals surface area contributed by atoms with Gasteiger partial charge in [0, 0.05) is 25.3 Å². The number of amides is 1. The number of aryl methyl sites for hydroxylation is 1. The number of hydrogen-bond donors (Lipinski definition) is 0. The molecule has 0 unspecified atom stereocenters. The minimum Gasteiger partial charge on any atom is -0.340 e. The lowest BCUT2D eigenvalue weighted by Crippen LogP contribution is -2.36. The first-order valence-corrected chi connectivity index (χ1v) is 9.97. The average molecular weight is 369 g/mol. The molecule has 5 rings (SSSR count). The molecular formula is C24H23N3O. The summed E-state index contributed by atoms with van der Waals surface area (Å²) in [6.07, 6.45) is 5.00. The van der Waals surface area contributed by atoms with E-state index in [1.54, 1.807) is 0 Å². The zero-order valence-corrected chi connectivity index (χ0v) is 15.8. The van der Waals surface area contributed by atoms with E-state index >= 15 is 0 Å². The maximum absolute atomic E-state index is 12.9. The summed E-state index contributed by atoms with van der Waals surface area (Å²) in [5, 5.41) is 0. The Kier molecular flexibility index (Phi) is 4.32. The topological polar surface area (TPSA) is 36.4 Å². The molecule has 0 aliphatic carbocycles. The van der Waals surface area contributed by atoms with E-state index in [4.69, 9.17) is 0 Å². The quantitative estimate of drug-likeness (QED) is 0.673. The molecule has 140 valence electrons. The number of rotatable bonds is 2. The highest BCUT2D eigenvalue weighted by molar-refractivity contribution is 5.92. The van der Waals surface area contributed by atoms with Crippen LogP contribution in [0.2, 0.25) is 0 Å². The molecule has 3 heterocycles. The zero-order valence-electron chi connectivity index (χ0n) is 15.8. The summed E-state index contributed by atoms with van der Waals surface area (Å²) in [5.74, 6) is 0.0140. The van der Waals surface area contributed by atoms with Gasteiger partial charge in [0.2, 0.25) is 0 Å². The van der Waals surface area contributed by atoms with Crippen molar-refractivity contribution < 1.29 is 4.79 Å². The second-order valence-corrected chi connectivity index (χ2v) is 7.53. The van der Waals surface area contributed by atoms with E-state index in [0.29, 0.717) is 12.2 Å². The summed E-state index contributed by atoms with van der Waals surface area (Å²) in [4.78, 5) is 21.7. The fourth-order valence-electron chi connectivity index (χ4n) is 4.31. The summed E-state index contributed by atoms with van der Waals surface area (Å²) in [5.41, 5.74) is 6.78. The Labute approximate surface area is 165 Å². The van der Waals surface area contributed by atoms with Gasteiger partial charge >= 0.3 is 0 Å². The molecule has 0 bridgehead atoms. The van der Waals surface area contributed by atoms with Gasteiger partial charge in [-0.15, -0.1) is 0 Å². The van der Waals surface area contributed by atoms with Gasteiger partial charge in [0.05, 0.1) is 11.9 Å². The van der Waals surface area contributed by atoms with Crippen molar-refractivity contribution in [1.29, 1.82) is 0 Å². The molecule has 0 atom stereocenters. The lowest BCUT2D eigenvalue weighted by atomic mass is 9.99. The van der Waals surface area contributed by atoms with Crippen molar-refractivity contribution in [3.8, 4) is 0 Å². The molecule has 0 fully saturated rings. The molecule has 1 amide bonds. The molecule has 28 heavy (non-hydrogen) atoms. The molecule has 3 aromatic rings. The molecule has 0 spiro atoms. The molecule has 0 radical (unpaired) electrons. The van der Waals surface area contributed by atoms with Crippen molar-refractivity contribution in [2.24, 2.45) is 0 Å². The van der Waals surface area contributed by atoms with Crippen LogP contribution in [0.4, 0.5) is 11.4 Å². The van der Waals surface area contributed by atoms with Gasteiger partial charge < -0.3 is 9.80 Å². The second-order valence-electron chi connectivity index (χ2n) is 7.53. The molecule has 1 aromatic heterocycles. The largest absolute Gasteiger partial charge is 0.340 e. The van der Waals surface area contributed by atoms with Gasteiger partial charge in [0.25, 0.3) is 5.91 Å². The van der Waals surface area contributed by atoms with Crippen LogP contribution in [0.15, 0.2) is 66.9 Å². The van der Waals surface area contributed by atoms with Crippen molar-refractivity contribution in [2.45, 2.75) is 25.8 Å². The van der Waals surface area contributed by atoms with E-state index in [1.807, 2.05) is 29.3 Å². The summed E-state index contributed by atoms with van der Waals surface area (Å²) in [6.45, 7) is 2.39. The van der Waals surface area contributed by atoms with Gasteiger partial charge in [0.1, 0.15) is 5.69 Å². The lowest BCUT2D eigenvalue weighted by Gasteiger charge is -2.31. The monoisotopic (exact) mass is 369 g/mol. The Morgan fingerprint density at radius 3 is 2.43 bits per heavy atom. The van der Waals surface area contributed by atoms with E-state index in [2.05, 4.69) is 52.3 Å². The van der Waals surface area contributed by atoms with Crippen LogP contribution in [0.3, 0.4) is 0 Å². The van der Waals surface area contributed by atoms with Crippen LogP contribution in [0.25, 0.3) is 0 Å². The molecule has 0 saturated heterocycles. The summed E-state index contributed by atoms with van der Waals surface area (Å²) in [6, 6.07) is 20.8. The highest BCUT2D eigenvalue weighted by Gasteiger charge is 2.23. The van der Waals surface area contributed by atoms with Crippen LogP contribution in [0, 0.1) is 0 Å². The van der Waals surface area contributed by atoms with Crippen molar-refractivity contribution >= 4 is 17.3 Å². The first kappa shape index (κ1) is 17.0. The van der Waals surface area contributed by atoms with Crippen LogP contribution >= 0.6 is 0 Å². The van der Waals surface area contributed by atoms with Crippen LogP contribution in [-0.4, -0.2) is 28.9 Å². The van der Waals surface area contributed by atoms with Crippen LogP contribution < -0.4 is 4.90 Å². The van der Waals surface area contributed by atoms with Crippen molar-refractivity contribution in [1.82, 2.24) is 9.88 Å². The van der Waals surface area contributed by atoms with Crippen LogP contribution in [0.1, 0.15) is 33.6 Å². The molecular weight excluding hydrogens is 346 g/mol. The van der Waals surface area contributed by atoms with Gasteiger partial charge in [-0.25, -0.2) is 4.98 Å². The van der Waals surface area contributed by atoms with Crippen molar-refractivity contribution in [3.05, 3.63) is 89.2 Å². The highest BCUT2D eigenvalue weighted by atomic mass is 16.2. The van der Waals surface area contributed by atoms with E-state index in [1.165, 1.54) is 22.4 Å². The third-order valence-corrected chi connectivity index (χ3v) is 5.81. The molecule has 0 N–H and O–H groups in total. The molecule has 2 aliphatic rings. The Balaban J connectivity index is 1.36. The maximum Gasteiger partial charge on any atom is 0.272 e. The molecule has 2 aliphatic heterocycles. The highest BCUT2D eigenvalue weighted by Crippen LogP contribution is 2.33. The third kappa shape index (κ3) is 3.05. The Morgan fingerprint density at radius 2 is 1.61 bits per heavy atom. The molecule has 0 saturated carbocycles. The van der Waals surface area contributed by atoms with E-state index in [9.17, 15) is 4.79 Å². The number of nitrogens with zero attached hydrogens (tertiary/aromatic N) is 3. The number of benzene rings is 2. The Bertz CT molecular complexity index is 1010. The third-order valence-electron chi connectivity index (χ3n) is 5.81. The number of carbonyl (C=O) groups excluding carboxylic acids is 1. The van der Waals surface area contributed by atoms with Crippen molar-refractivity contribution in [3.63, 3.8) is 0 Å². The number of fused-ring (bicyclic) bond motifs is 2. The normalized spacial score (nSPS) is 15.7. The summed E-state index contributed by atoms with van der Waals surface area (Å²) >= 11 is 0. The van der Waals surface area contributed by atoms with Gasteiger partial charge in [-0.3, -0.25) is 4.79 Å².